The second kappa shape index (κ2) is 9.22. The van der Waals surface area contributed by atoms with E-state index in [1.807, 2.05) is 43.3 Å². The fourth-order valence-corrected chi connectivity index (χ4v) is 3.06. The van der Waals surface area contributed by atoms with E-state index in [2.05, 4.69) is 42.5 Å². The van der Waals surface area contributed by atoms with Crippen LogP contribution in [-0.4, -0.2) is 22.6 Å². The van der Waals surface area contributed by atoms with E-state index < -0.39 is 0 Å². The molecule has 0 fully saturated rings. The molecule has 3 rings (SSSR count). The number of nitrogens with one attached hydrogen (secondary N) is 1. The van der Waals surface area contributed by atoms with Crippen molar-refractivity contribution in [3.05, 3.63) is 77.0 Å². The highest BCUT2D eigenvalue weighted by molar-refractivity contribution is 5.74. The monoisotopic (exact) mass is 377 g/mol. The Kier molecular flexibility index (Phi) is 6.48. The first-order chi connectivity index (χ1) is 13.6. The van der Waals surface area contributed by atoms with Crippen LogP contribution in [0.5, 0.6) is 0 Å². The van der Waals surface area contributed by atoms with Gasteiger partial charge in [-0.15, -0.1) is 0 Å². The number of aryl methyl sites for hydroxylation is 2. The third kappa shape index (κ3) is 5.00. The summed E-state index contributed by atoms with van der Waals surface area (Å²) in [5.74, 6) is 0.727. The minimum atomic E-state index is -0.0954. The van der Waals surface area contributed by atoms with Crippen molar-refractivity contribution in [3.8, 4) is 11.3 Å². The average molecular weight is 377 g/mol. The largest absolute Gasteiger partial charge is 0.356 e. The van der Waals surface area contributed by atoms with Gasteiger partial charge in [-0.1, -0.05) is 60.1 Å². The standard InChI is InChI=1S/C23H27N3O2/c1-4-12-24-23(27)26(15-19-8-6-5-7-9-19)16-20-14-22(28-25-20)21-13-17(2)10-11-18(21)3/h5-11,13-14H,4,12,15-16H2,1-3H3,(H,24,27). The molecule has 0 aliphatic heterocycles. The number of benzene rings is 2. The van der Waals surface area contributed by atoms with E-state index in [0.717, 1.165) is 34.6 Å². The molecule has 5 heteroatoms. The van der Waals surface area contributed by atoms with Gasteiger partial charge >= 0.3 is 6.03 Å². The Hall–Kier alpha value is -3.08. The van der Waals surface area contributed by atoms with Gasteiger partial charge in [-0.05, 0) is 37.5 Å². The Morgan fingerprint density at radius 1 is 1.07 bits per heavy atom. The topological polar surface area (TPSA) is 58.4 Å². The maximum absolute atomic E-state index is 12.6. The predicted molar refractivity (Wildman–Crippen MR) is 111 cm³/mol. The van der Waals surface area contributed by atoms with Crippen LogP contribution in [0.1, 0.15) is 35.7 Å². The summed E-state index contributed by atoms with van der Waals surface area (Å²) in [6.07, 6.45) is 0.895. The van der Waals surface area contributed by atoms with Crippen molar-refractivity contribution >= 4 is 6.03 Å². The lowest BCUT2D eigenvalue weighted by Gasteiger charge is -2.22. The molecule has 0 aliphatic rings. The zero-order chi connectivity index (χ0) is 19.9. The molecule has 0 atom stereocenters. The molecule has 0 unspecified atom stereocenters. The number of carbonyl (C=O) groups excluding carboxylic acids is 1. The van der Waals surface area contributed by atoms with Gasteiger partial charge in [-0.25, -0.2) is 4.79 Å². The first-order valence-corrected chi connectivity index (χ1v) is 9.66. The number of amides is 2. The first kappa shape index (κ1) is 19.7. The molecule has 1 aromatic heterocycles. The minimum Gasteiger partial charge on any atom is -0.356 e. The molecule has 3 aromatic rings. The van der Waals surface area contributed by atoms with Crippen LogP contribution in [0, 0.1) is 13.8 Å². The summed E-state index contributed by atoms with van der Waals surface area (Å²) < 4.78 is 5.59. The normalized spacial score (nSPS) is 10.7. The quantitative estimate of drug-likeness (QED) is 0.625. The third-order valence-corrected chi connectivity index (χ3v) is 4.60. The van der Waals surface area contributed by atoms with E-state index in [4.69, 9.17) is 4.52 Å². The van der Waals surface area contributed by atoms with Crippen molar-refractivity contribution < 1.29 is 9.32 Å². The molecular formula is C23H27N3O2. The van der Waals surface area contributed by atoms with Gasteiger partial charge < -0.3 is 14.7 Å². The number of aromatic nitrogens is 1. The highest BCUT2D eigenvalue weighted by Gasteiger charge is 2.17. The Labute approximate surface area is 166 Å². The molecule has 28 heavy (non-hydrogen) atoms. The van der Waals surface area contributed by atoms with Crippen LogP contribution in [0.25, 0.3) is 11.3 Å². The molecule has 0 aliphatic carbocycles. The minimum absolute atomic E-state index is 0.0954. The fourth-order valence-electron chi connectivity index (χ4n) is 3.06. The molecule has 1 N–H and O–H groups in total. The molecule has 1 heterocycles. The maximum atomic E-state index is 12.6. The van der Waals surface area contributed by atoms with E-state index in [0.29, 0.717) is 19.6 Å². The highest BCUT2D eigenvalue weighted by Crippen LogP contribution is 2.26. The van der Waals surface area contributed by atoms with Gasteiger partial charge in [0, 0.05) is 24.7 Å². The lowest BCUT2D eigenvalue weighted by Crippen LogP contribution is -2.39. The second-order valence-electron chi connectivity index (χ2n) is 7.07. The maximum Gasteiger partial charge on any atom is 0.318 e. The zero-order valence-electron chi connectivity index (χ0n) is 16.7. The molecule has 5 nitrogen and oxygen atoms in total. The number of rotatable bonds is 7. The summed E-state index contributed by atoms with van der Waals surface area (Å²) >= 11 is 0. The van der Waals surface area contributed by atoms with Crippen LogP contribution in [-0.2, 0) is 13.1 Å². The smallest absolute Gasteiger partial charge is 0.318 e. The van der Waals surface area contributed by atoms with Crippen LogP contribution in [0.3, 0.4) is 0 Å². The number of hydrogen-bond donors (Lipinski definition) is 1. The van der Waals surface area contributed by atoms with Gasteiger partial charge in [0.25, 0.3) is 0 Å². The van der Waals surface area contributed by atoms with E-state index in [9.17, 15) is 4.79 Å². The van der Waals surface area contributed by atoms with Crippen LogP contribution < -0.4 is 5.32 Å². The Morgan fingerprint density at radius 3 is 2.61 bits per heavy atom. The molecule has 0 bridgehead atoms. The van der Waals surface area contributed by atoms with E-state index in [-0.39, 0.29) is 6.03 Å². The molecule has 0 saturated heterocycles. The molecule has 0 saturated carbocycles. The number of hydrogen-bond acceptors (Lipinski definition) is 3. The average Bonchev–Trinajstić information content (AvgIpc) is 3.16. The van der Waals surface area contributed by atoms with E-state index in [1.165, 1.54) is 5.56 Å². The summed E-state index contributed by atoms with van der Waals surface area (Å²) in [5.41, 5.74) is 5.15. The van der Waals surface area contributed by atoms with Crippen molar-refractivity contribution in [3.63, 3.8) is 0 Å². The second-order valence-corrected chi connectivity index (χ2v) is 7.07. The van der Waals surface area contributed by atoms with Crippen molar-refractivity contribution in [1.82, 2.24) is 15.4 Å². The van der Waals surface area contributed by atoms with Gasteiger partial charge in [0.1, 0.15) is 5.69 Å². The lowest BCUT2D eigenvalue weighted by atomic mass is 10.0. The van der Waals surface area contributed by atoms with Crippen LogP contribution >= 0.6 is 0 Å². The summed E-state index contributed by atoms with van der Waals surface area (Å²) in [4.78, 5) is 14.4. The van der Waals surface area contributed by atoms with E-state index >= 15 is 0 Å². The fraction of sp³-hybridized carbons (Fsp3) is 0.304. The van der Waals surface area contributed by atoms with Crippen LogP contribution in [0.2, 0.25) is 0 Å². The Morgan fingerprint density at radius 2 is 1.86 bits per heavy atom. The van der Waals surface area contributed by atoms with Gasteiger partial charge in [0.15, 0.2) is 5.76 Å². The summed E-state index contributed by atoms with van der Waals surface area (Å²) in [6, 6.07) is 18.0. The van der Waals surface area contributed by atoms with Gasteiger partial charge in [0.05, 0.1) is 6.54 Å². The van der Waals surface area contributed by atoms with Gasteiger partial charge in [-0.2, -0.15) is 0 Å². The molecule has 146 valence electrons. The third-order valence-electron chi connectivity index (χ3n) is 4.60. The van der Waals surface area contributed by atoms with Crippen molar-refractivity contribution in [2.45, 2.75) is 40.3 Å². The van der Waals surface area contributed by atoms with Crippen LogP contribution in [0.15, 0.2) is 59.1 Å². The summed E-state index contributed by atoms with van der Waals surface area (Å²) in [6.45, 7) is 7.70. The van der Waals surface area contributed by atoms with Crippen LogP contribution in [0.4, 0.5) is 4.79 Å². The highest BCUT2D eigenvalue weighted by atomic mass is 16.5. The van der Waals surface area contributed by atoms with Gasteiger partial charge in [0.2, 0.25) is 0 Å². The SMILES string of the molecule is CCCNC(=O)N(Cc1ccccc1)Cc1cc(-c2cc(C)ccc2C)on1. The Bertz CT molecular complexity index is 919. The lowest BCUT2D eigenvalue weighted by molar-refractivity contribution is 0.190. The van der Waals surface area contributed by atoms with E-state index in [1.54, 1.807) is 4.90 Å². The summed E-state index contributed by atoms with van der Waals surface area (Å²) in [7, 11) is 0. The molecule has 2 amide bonds. The Balaban J connectivity index is 1.79. The molecule has 2 aromatic carbocycles. The van der Waals surface area contributed by atoms with Crippen molar-refractivity contribution in [2.24, 2.45) is 0 Å². The van der Waals surface area contributed by atoms with Crippen molar-refractivity contribution in [1.29, 1.82) is 0 Å². The number of nitrogens with zero attached hydrogens (tertiary/aromatic N) is 2. The zero-order valence-corrected chi connectivity index (χ0v) is 16.7. The number of urea groups is 1. The molecule has 0 radical (unpaired) electrons. The molecular weight excluding hydrogens is 350 g/mol. The predicted octanol–water partition coefficient (Wildman–Crippen LogP) is 5.08. The number of carbonyl (C=O) groups is 1. The van der Waals surface area contributed by atoms with Gasteiger partial charge in [-0.3, -0.25) is 0 Å². The molecule has 0 spiro atoms. The van der Waals surface area contributed by atoms with Crippen molar-refractivity contribution in [2.75, 3.05) is 6.54 Å². The summed E-state index contributed by atoms with van der Waals surface area (Å²) in [5, 5.41) is 7.17. The first-order valence-electron chi connectivity index (χ1n) is 9.66.